The number of unbranched alkanes of at least 4 members (excludes halogenated alkanes) is 29. The van der Waals surface area contributed by atoms with Crippen LogP contribution in [0.2, 0.25) is 0 Å². The summed E-state index contributed by atoms with van der Waals surface area (Å²) in [6.07, 6.45) is 84.3. The van der Waals surface area contributed by atoms with Gasteiger partial charge >= 0.3 is 11.9 Å². The molecule has 72 heavy (non-hydrogen) atoms. The average molecular weight is 1000 g/mol. The maximum Gasteiger partial charge on any atom is 0.306 e. The van der Waals surface area contributed by atoms with E-state index in [1.54, 1.807) is 0 Å². The van der Waals surface area contributed by atoms with Gasteiger partial charge in [0.15, 0.2) is 6.10 Å². The van der Waals surface area contributed by atoms with Crippen LogP contribution in [-0.2, 0) is 23.8 Å². The van der Waals surface area contributed by atoms with Crippen LogP contribution in [0.5, 0.6) is 0 Å². The number of allylic oxidation sites excluding steroid dienone is 16. The van der Waals surface area contributed by atoms with Gasteiger partial charge in [-0.1, -0.05) is 253 Å². The van der Waals surface area contributed by atoms with Crippen LogP contribution in [0.3, 0.4) is 0 Å². The third-order valence-corrected chi connectivity index (χ3v) is 13.1. The monoisotopic (exact) mass is 1000 g/mol. The summed E-state index contributed by atoms with van der Waals surface area (Å²) in [4.78, 5) is 25.6. The van der Waals surface area contributed by atoms with Crippen molar-refractivity contribution in [2.24, 2.45) is 0 Å². The molecule has 0 aromatic heterocycles. The Kier molecular flexibility index (Phi) is 59.4. The summed E-state index contributed by atoms with van der Waals surface area (Å²) >= 11 is 0. The summed E-state index contributed by atoms with van der Waals surface area (Å²) in [5, 5.41) is 0. The predicted octanol–water partition coefficient (Wildman–Crippen LogP) is 21.4. The zero-order valence-corrected chi connectivity index (χ0v) is 47.7. The van der Waals surface area contributed by atoms with Gasteiger partial charge in [-0.15, -0.1) is 0 Å². The first-order valence-corrected chi connectivity index (χ1v) is 30.8. The second kappa shape index (κ2) is 62.1. The van der Waals surface area contributed by atoms with Crippen LogP contribution in [0.25, 0.3) is 0 Å². The highest BCUT2D eigenvalue weighted by Gasteiger charge is 2.17. The Hall–Kier alpha value is -3.18. The van der Waals surface area contributed by atoms with Gasteiger partial charge in [-0.25, -0.2) is 0 Å². The Balaban J connectivity index is 4.34. The molecule has 0 fully saturated rings. The maximum atomic E-state index is 12.9. The lowest BCUT2D eigenvalue weighted by Gasteiger charge is -2.18. The highest BCUT2D eigenvalue weighted by Crippen LogP contribution is 2.15. The van der Waals surface area contributed by atoms with Crippen molar-refractivity contribution in [1.29, 1.82) is 0 Å². The normalized spacial score (nSPS) is 12.9. The Morgan fingerprint density at radius 3 is 1.04 bits per heavy atom. The third-order valence-electron chi connectivity index (χ3n) is 13.1. The summed E-state index contributed by atoms with van der Waals surface area (Å²) in [5.74, 6) is -0.434. The van der Waals surface area contributed by atoms with E-state index in [1.807, 2.05) is 0 Å². The van der Waals surface area contributed by atoms with E-state index in [2.05, 4.69) is 118 Å². The number of ether oxygens (including phenoxy) is 3. The van der Waals surface area contributed by atoms with Crippen LogP contribution in [-0.4, -0.2) is 37.9 Å². The Labute approximate surface area is 447 Å². The van der Waals surface area contributed by atoms with Crippen LogP contribution in [0, 0.1) is 0 Å². The van der Waals surface area contributed by atoms with Gasteiger partial charge in [-0.3, -0.25) is 9.59 Å². The molecule has 0 radical (unpaired) electrons. The van der Waals surface area contributed by atoms with Crippen molar-refractivity contribution in [2.75, 3.05) is 19.8 Å². The lowest BCUT2D eigenvalue weighted by atomic mass is 10.1. The van der Waals surface area contributed by atoms with Gasteiger partial charge in [-0.05, 0) is 122 Å². The Morgan fingerprint density at radius 2 is 0.625 bits per heavy atom. The lowest BCUT2D eigenvalue weighted by Crippen LogP contribution is -2.30. The smallest absolute Gasteiger partial charge is 0.306 e. The average Bonchev–Trinajstić information content (AvgIpc) is 3.38. The van der Waals surface area contributed by atoms with Crippen molar-refractivity contribution in [2.45, 2.75) is 297 Å². The van der Waals surface area contributed by atoms with Crippen molar-refractivity contribution in [3.63, 3.8) is 0 Å². The molecule has 0 aliphatic rings. The molecule has 5 nitrogen and oxygen atoms in total. The summed E-state index contributed by atoms with van der Waals surface area (Å²) in [6, 6.07) is 0. The first-order chi connectivity index (χ1) is 35.6. The van der Waals surface area contributed by atoms with Crippen molar-refractivity contribution >= 4 is 11.9 Å². The van der Waals surface area contributed by atoms with Gasteiger partial charge in [0.2, 0.25) is 0 Å². The SMILES string of the molecule is CC/C=C\C/C=C\C/C=C\C/C=C\CCCCCCC(=O)OC(COCCCCCCCCCCCC/C=C\CCCCCCCC)COC(=O)CCCCCCCC/C=C\C/C=C\C/C=C\CCCCC. The number of hydrogen-bond donors (Lipinski definition) is 0. The van der Waals surface area contributed by atoms with E-state index < -0.39 is 6.10 Å². The van der Waals surface area contributed by atoms with E-state index in [0.717, 1.165) is 109 Å². The van der Waals surface area contributed by atoms with Gasteiger partial charge in [0, 0.05) is 19.4 Å². The van der Waals surface area contributed by atoms with E-state index in [0.29, 0.717) is 19.4 Å². The van der Waals surface area contributed by atoms with Crippen molar-refractivity contribution in [3.05, 3.63) is 97.2 Å². The molecule has 0 aliphatic carbocycles. The van der Waals surface area contributed by atoms with E-state index in [-0.39, 0.29) is 25.2 Å². The Morgan fingerprint density at radius 1 is 0.319 bits per heavy atom. The second-order valence-corrected chi connectivity index (χ2v) is 20.2. The molecule has 0 saturated heterocycles. The first kappa shape index (κ1) is 68.8. The fraction of sp³-hybridized carbons (Fsp3) is 0.731. The highest BCUT2D eigenvalue weighted by molar-refractivity contribution is 5.70. The van der Waals surface area contributed by atoms with Crippen LogP contribution in [0.15, 0.2) is 97.2 Å². The van der Waals surface area contributed by atoms with E-state index >= 15 is 0 Å². The number of hydrogen-bond acceptors (Lipinski definition) is 5. The number of esters is 2. The van der Waals surface area contributed by atoms with E-state index in [9.17, 15) is 9.59 Å². The molecule has 1 unspecified atom stereocenters. The van der Waals surface area contributed by atoms with Gasteiger partial charge in [0.25, 0.3) is 0 Å². The molecular weight excluding hydrogens is 885 g/mol. The van der Waals surface area contributed by atoms with Crippen molar-refractivity contribution in [1.82, 2.24) is 0 Å². The lowest BCUT2D eigenvalue weighted by molar-refractivity contribution is -0.163. The number of carbonyl (C=O) groups is 2. The predicted molar refractivity (Wildman–Crippen MR) is 316 cm³/mol. The van der Waals surface area contributed by atoms with Crippen LogP contribution in [0.4, 0.5) is 0 Å². The van der Waals surface area contributed by atoms with Crippen molar-refractivity contribution in [3.8, 4) is 0 Å². The standard InChI is InChI=1S/C67H116O5/c1-4-7-10-13-16-19-22-25-28-31-33-35-38-41-44-47-50-53-56-59-62-70-63-65(72-67(69)61-58-55-52-49-46-43-40-36-30-27-24-21-18-15-12-9-6-3)64-71-66(68)60-57-54-51-48-45-42-39-37-34-32-29-26-23-20-17-14-11-8-5-2/h9,12,17-18,20-21,25-30,34,37,40,43,65H,4-8,10-11,13-16,19,22-24,31-33,35-36,38-39,41-42,44-64H2,1-3H3/b12-9-,20-17-,21-18-,28-25-,29-26-,30-27-,37-34-,43-40-. The quantitative estimate of drug-likeness (QED) is 0.0345. The molecule has 0 aromatic carbocycles. The molecule has 0 heterocycles. The molecule has 0 amide bonds. The molecule has 0 spiro atoms. The van der Waals surface area contributed by atoms with Crippen LogP contribution >= 0.6 is 0 Å². The van der Waals surface area contributed by atoms with Crippen molar-refractivity contribution < 1.29 is 23.8 Å². The zero-order chi connectivity index (χ0) is 52.0. The topological polar surface area (TPSA) is 61.8 Å². The maximum absolute atomic E-state index is 12.9. The molecule has 0 aliphatic heterocycles. The van der Waals surface area contributed by atoms with Crippen LogP contribution in [0.1, 0.15) is 290 Å². The molecule has 0 aromatic rings. The third kappa shape index (κ3) is 59.4. The molecule has 414 valence electrons. The largest absolute Gasteiger partial charge is 0.462 e. The van der Waals surface area contributed by atoms with Gasteiger partial charge in [-0.2, -0.15) is 0 Å². The molecule has 0 rings (SSSR count). The highest BCUT2D eigenvalue weighted by atomic mass is 16.6. The fourth-order valence-electron chi connectivity index (χ4n) is 8.50. The molecule has 5 heteroatoms. The van der Waals surface area contributed by atoms with Crippen LogP contribution < -0.4 is 0 Å². The fourth-order valence-corrected chi connectivity index (χ4v) is 8.50. The minimum absolute atomic E-state index is 0.0644. The minimum atomic E-state index is -0.562. The molecule has 0 bridgehead atoms. The summed E-state index contributed by atoms with van der Waals surface area (Å²) in [6.45, 7) is 7.67. The molecule has 1 atom stereocenters. The first-order valence-electron chi connectivity index (χ1n) is 30.8. The summed E-state index contributed by atoms with van der Waals surface area (Å²) in [7, 11) is 0. The number of carbonyl (C=O) groups excluding carboxylic acids is 2. The zero-order valence-electron chi connectivity index (χ0n) is 47.7. The second-order valence-electron chi connectivity index (χ2n) is 20.2. The van der Waals surface area contributed by atoms with Gasteiger partial charge in [0.05, 0.1) is 6.61 Å². The molecular formula is C67H116O5. The van der Waals surface area contributed by atoms with Gasteiger partial charge in [0.1, 0.15) is 6.61 Å². The van der Waals surface area contributed by atoms with E-state index in [1.165, 1.54) is 148 Å². The molecule has 0 saturated carbocycles. The van der Waals surface area contributed by atoms with E-state index in [4.69, 9.17) is 14.2 Å². The summed E-state index contributed by atoms with van der Waals surface area (Å²) in [5.41, 5.74) is 0. The van der Waals surface area contributed by atoms with Gasteiger partial charge < -0.3 is 14.2 Å². The number of rotatable bonds is 56. The molecule has 0 N–H and O–H groups in total. The summed E-state index contributed by atoms with van der Waals surface area (Å²) < 4.78 is 17.5. The Bertz CT molecular complexity index is 1360. The minimum Gasteiger partial charge on any atom is -0.462 e.